The highest BCUT2D eigenvalue weighted by atomic mass is 35.5. The molecule has 0 bridgehead atoms. The van der Waals surface area contributed by atoms with Crippen molar-refractivity contribution >= 4 is 81.4 Å². The molecule has 1 aliphatic rings. The number of hydrogen-bond donors (Lipinski definition) is 1. The number of nitrogens with zero attached hydrogens (tertiary/aromatic N) is 1. The van der Waals surface area contributed by atoms with Crippen molar-refractivity contribution < 1.29 is 28.7 Å². The number of benzene rings is 2. The van der Waals surface area contributed by atoms with Crippen LogP contribution in [0.15, 0.2) is 41.3 Å². The first kappa shape index (κ1) is 25.9. The van der Waals surface area contributed by atoms with Gasteiger partial charge < -0.3 is 14.8 Å². The molecule has 1 aliphatic heterocycles. The average Bonchev–Trinajstić information content (AvgIpc) is 3.00. The lowest BCUT2D eigenvalue weighted by atomic mass is 10.2. The Kier molecular flexibility index (Phi) is 8.84. The molecule has 178 valence electrons. The van der Waals surface area contributed by atoms with Gasteiger partial charge >= 0.3 is 5.97 Å². The first-order chi connectivity index (χ1) is 16.2. The summed E-state index contributed by atoms with van der Waals surface area (Å²) in [5.41, 5.74) is 0.863. The van der Waals surface area contributed by atoms with Crippen LogP contribution < -0.4 is 10.1 Å². The van der Waals surface area contributed by atoms with Gasteiger partial charge in [-0.1, -0.05) is 40.9 Å². The monoisotopic (exact) mass is 542 g/mol. The van der Waals surface area contributed by atoms with Crippen LogP contribution in [0.25, 0.3) is 6.08 Å². The third-order valence-corrected chi connectivity index (χ3v) is 5.95. The first-order valence-corrected chi connectivity index (χ1v) is 11.7. The van der Waals surface area contributed by atoms with Crippen LogP contribution in [0.4, 0.5) is 10.5 Å². The van der Waals surface area contributed by atoms with Gasteiger partial charge in [-0.25, -0.2) is 4.79 Å². The number of carbonyl (C=O) groups is 4. The summed E-state index contributed by atoms with van der Waals surface area (Å²) in [6, 6.07) is 9.41. The van der Waals surface area contributed by atoms with Crippen molar-refractivity contribution in [1.82, 2.24) is 4.90 Å². The van der Waals surface area contributed by atoms with Crippen LogP contribution >= 0.6 is 46.6 Å². The molecule has 3 rings (SSSR count). The molecule has 34 heavy (non-hydrogen) atoms. The Balaban J connectivity index is 1.69. The molecular weight excluding hydrogens is 527 g/mol. The number of anilines is 1. The van der Waals surface area contributed by atoms with Crippen LogP contribution in [0, 0.1) is 0 Å². The third kappa shape index (κ3) is 6.66. The number of hydrogen-bond acceptors (Lipinski definition) is 7. The third-order valence-electron chi connectivity index (χ3n) is 4.24. The molecule has 0 aromatic heterocycles. The number of nitrogens with one attached hydrogen (secondary N) is 1. The van der Waals surface area contributed by atoms with Crippen LogP contribution in [0.1, 0.15) is 12.5 Å². The molecule has 12 heteroatoms. The number of carbonyl (C=O) groups excluding carboxylic acids is 4. The van der Waals surface area contributed by atoms with Crippen molar-refractivity contribution in [3.05, 3.63) is 61.9 Å². The first-order valence-electron chi connectivity index (χ1n) is 9.76. The Morgan fingerprint density at radius 2 is 1.82 bits per heavy atom. The molecule has 0 aliphatic carbocycles. The lowest BCUT2D eigenvalue weighted by Crippen LogP contribution is -2.36. The molecule has 2 aromatic rings. The number of rotatable bonds is 8. The predicted molar refractivity (Wildman–Crippen MR) is 131 cm³/mol. The van der Waals surface area contributed by atoms with Crippen molar-refractivity contribution in [3.63, 3.8) is 0 Å². The topological polar surface area (TPSA) is 102 Å². The number of imide groups is 1. The van der Waals surface area contributed by atoms with E-state index in [-0.39, 0.29) is 33.9 Å². The van der Waals surface area contributed by atoms with Crippen LogP contribution in [0.2, 0.25) is 15.1 Å². The highest BCUT2D eigenvalue weighted by Crippen LogP contribution is 2.37. The number of ether oxygens (including phenoxy) is 2. The van der Waals surface area contributed by atoms with E-state index in [0.717, 1.165) is 4.90 Å². The van der Waals surface area contributed by atoms with Gasteiger partial charge in [0.1, 0.15) is 6.54 Å². The van der Waals surface area contributed by atoms with Crippen molar-refractivity contribution in [2.75, 3.05) is 25.1 Å². The van der Waals surface area contributed by atoms with Gasteiger partial charge in [0.05, 0.1) is 21.6 Å². The summed E-state index contributed by atoms with van der Waals surface area (Å²) in [6.07, 6.45) is 1.42. The molecule has 0 radical (unpaired) electrons. The Hall–Kier alpha value is -2.72. The second-order valence-electron chi connectivity index (χ2n) is 6.73. The van der Waals surface area contributed by atoms with E-state index >= 15 is 0 Å². The Morgan fingerprint density at radius 3 is 2.47 bits per heavy atom. The summed E-state index contributed by atoms with van der Waals surface area (Å²) in [4.78, 5) is 49.7. The summed E-state index contributed by atoms with van der Waals surface area (Å²) in [6.45, 7) is 1.04. The zero-order valence-corrected chi connectivity index (χ0v) is 20.7. The number of esters is 1. The van der Waals surface area contributed by atoms with Gasteiger partial charge in [0, 0.05) is 10.7 Å². The maximum absolute atomic E-state index is 12.7. The van der Waals surface area contributed by atoms with Gasteiger partial charge in [0.2, 0.25) is 5.91 Å². The normalized spacial score (nSPS) is 14.5. The van der Waals surface area contributed by atoms with Gasteiger partial charge in [-0.2, -0.15) is 0 Å². The molecule has 0 saturated carbocycles. The van der Waals surface area contributed by atoms with Crippen molar-refractivity contribution in [3.8, 4) is 5.75 Å². The summed E-state index contributed by atoms with van der Waals surface area (Å²) in [5, 5.41) is 2.62. The van der Waals surface area contributed by atoms with Gasteiger partial charge in [0.25, 0.3) is 11.1 Å². The summed E-state index contributed by atoms with van der Waals surface area (Å²) in [5.74, 6) is -1.68. The van der Waals surface area contributed by atoms with Gasteiger partial charge in [0.15, 0.2) is 12.4 Å². The molecule has 1 saturated heterocycles. The smallest absolute Gasteiger partial charge is 0.344 e. The summed E-state index contributed by atoms with van der Waals surface area (Å²) >= 11 is 19.0. The average molecular weight is 544 g/mol. The maximum Gasteiger partial charge on any atom is 0.344 e. The second-order valence-corrected chi connectivity index (χ2v) is 8.98. The highest BCUT2D eigenvalue weighted by Gasteiger charge is 2.36. The SMILES string of the molecule is CCOC(=O)COc1c(Cl)cc(/C=C2\SC(=O)N(CC(=O)Nc3cccc(Cl)c3)C2=O)cc1Cl. The van der Waals surface area contributed by atoms with Crippen LogP contribution in [-0.4, -0.2) is 47.7 Å². The van der Waals surface area contributed by atoms with E-state index in [1.54, 1.807) is 31.2 Å². The predicted octanol–water partition coefficient (Wildman–Crippen LogP) is 5.26. The summed E-state index contributed by atoms with van der Waals surface area (Å²) < 4.78 is 10.1. The van der Waals surface area contributed by atoms with E-state index in [0.29, 0.717) is 28.0 Å². The molecule has 1 fully saturated rings. The van der Waals surface area contributed by atoms with E-state index in [2.05, 4.69) is 5.32 Å². The number of thioether (sulfide) groups is 1. The van der Waals surface area contributed by atoms with Crippen molar-refractivity contribution in [2.45, 2.75) is 6.92 Å². The molecule has 0 atom stereocenters. The molecule has 1 heterocycles. The van der Waals surface area contributed by atoms with E-state index in [4.69, 9.17) is 44.3 Å². The van der Waals surface area contributed by atoms with Crippen LogP contribution in [0.5, 0.6) is 5.75 Å². The molecular formula is C22H17Cl3N2O6S. The molecule has 1 N–H and O–H groups in total. The van der Waals surface area contributed by atoms with Crippen LogP contribution in [0.3, 0.4) is 0 Å². The highest BCUT2D eigenvalue weighted by molar-refractivity contribution is 8.18. The Morgan fingerprint density at radius 1 is 1.12 bits per heavy atom. The van der Waals surface area contributed by atoms with E-state index in [9.17, 15) is 19.2 Å². The fourth-order valence-electron chi connectivity index (χ4n) is 2.83. The minimum absolute atomic E-state index is 0.0827. The van der Waals surface area contributed by atoms with E-state index in [1.807, 2.05) is 0 Å². The van der Waals surface area contributed by atoms with E-state index < -0.39 is 29.6 Å². The molecule has 0 spiro atoms. The van der Waals surface area contributed by atoms with Gasteiger partial charge in [-0.3, -0.25) is 19.3 Å². The molecule has 3 amide bonds. The zero-order chi connectivity index (χ0) is 24.8. The van der Waals surface area contributed by atoms with E-state index in [1.165, 1.54) is 18.2 Å². The fourth-order valence-corrected chi connectivity index (χ4v) is 4.47. The minimum Gasteiger partial charge on any atom is -0.479 e. The largest absolute Gasteiger partial charge is 0.479 e. The van der Waals surface area contributed by atoms with Crippen LogP contribution in [-0.2, 0) is 19.1 Å². The molecule has 2 aromatic carbocycles. The fraction of sp³-hybridized carbons (Fsp3) is 0.182. The molecule has 0 unspecified atom stereocenters. The quantitative estimate of drug-likeness (QED) is 0.358. The maximum atomic E-state index is 12.7. The summed E-state index contributed by atoms with van der Waals surface area (Å²) in [7, 11) is 0. The second kappa shape index (κ2) is 11.6. The van der Waals surface area contributed by atoms with Crippen molar-refractivity contribution in [2.24, 2.45) is 0 Å². The Bertz CT molecular complexity index is 1160. The number of amides is 3. The zero-order valence-electron chi connectivity index (χ0n) is 17.6. The molecule has 8 nitrogen and oxygen atoms in total. The minimum atomic E-state index is -0.633. The Labute approximate surface area is 214 Å². The van der Waals surface area contributed by atoms with Gasteiger partial charge in [-0.05, 0) is 60.7 Å². The van der Waals surface area contributed by atoms with Crippen molar-refractivity contribution in [1.29, 1.82) is 0 Å². The number of halogens is 3. The van der Waals surface area contributed by atoms with Gasteiger partial charge in [-0.15, -0.1) is 0 Å². The lowest BCUT2D eigenvalue weighted by molar-refractivity contribution is -0.145. The lowest BCUT2D eigenvalue weighted by Gasteiger charge is -2.12. The standard InChI is InChI=1S/C22H17Cl3N2O6S/c1-2-32-19(29)11-33-20-15(24)6-12(7-16(20)25)8-17-21(30)27(22(31)34-17)10-18(28)26-14-5-3-4-13(23)9-14/h3-9H,2,10-11H2,1H3,(H,26,28)/b17-8-.